The van der Waals surface area contributed by atoms with Gasteiger partial charge in [0, 0.05) is 23.2 Å². The Morgan fingerprint density at radius 3 is 2.50 bits per heavy atom. The van der Waals surface area contributed by atoms with Crippen LogP contribution in [0.2, 0.25) is 0 Å². The molecule has 0 unspecified atom stereocenters. The molecule has 0 spiro atoms. The SMILES string of the molecule is Cc1ccc(CNC(=O)c2ccc(C)c(NC(=O)c3nsc4ccccc34)c2)cc1. The molecule has 2 N–H and O–H groups in total. The molecule has 0 fully saturated rings. The number of benzene rings is 3. The summed E-state index contributed by atoms with van der Waals surface area (Å²) in [6.07, 6.45) is 0. The molecule has 150 valence electrons. The number of nitrogens with one attached hydrogen (secondary N) is 2. The number of nitrogens with zero attached hydrogens (tertiary/aromatic N) is 1. The third-order valence-electron chi connectivity index (χ3n) is 4.91. The van der Waals surface area contributed by atoms with Gasteiger partial charge in [-0.2, -0.15) is 4.37 Å². The predicted octanol–water partition coefficient (Wildman–Crippen LogP) is 5.10. The number of aryl methyl sites for hydroxylation is 2. The first kappa shape index (κ1) is 19.8. The molecule has 0 radical (unpaired) electrons. The zero-order valence-electron chi connectivity index (χ0n) is 16.7. The van der Waals surface area contributed by atoms with Crippen molar-refractivity contribution in [1.29, 1.82) is 0 Å². The number of carbonyl (C=O) groups excluding carboxylic acids is 2. The van der Waals surface area contributed by atoms with E-state index in [0.29, 0.717) is 23.5 Å². The van der Waals surface area contributed by atoms with E-state index in [9.17, 15) is 9.59 Å². The second kappa shape index (κ2) is 8.47. The third kappa shape index (κ3) is 4.23. The molecule has 30 heavy (non-hydrogen) atoms. The van der Waals surface area contributed by atoms with Gasteiger partial charge >= 0.3 is 0 Å². The van der Waals surface area contributed by atoms with Gasteiger partial charge in [-0.15, -0.1) is 0 Å². The van der Waals surface area contributed by atoms with E-state index in [2.05, 4.69) is 15.0 Å². The molecule has 0 bridgehead atoms. The minimum Gasteiger partial charge on any atom is -0.348 e. The second-order valence-corrected chi connectivity index (χ2v) is 7.98. The maximum absolute atomic E-state index is 12.8. The van der Waals surface area contributed by atoms with Crippen LogP contribution >= 0.6 is 11.5 Å². The van der Waals surface area contributed by atoms with E-state index < -0.39 is 0 Å². The molecule has 0 atom stereocenters. The van der Waals surface area contributed by atoms with Crippen LogP contribution in [0.15, 0.2) is 66.7 Å². The van der Waals surface area contributed by atoms with Crippen molar-refractivity contribution >= 4 is 39.1 Å². The molecule has 1 heterocycles. The number of amides is 2. The summed E-state index contributed by atoms with van der Waals surface area (Å²) >= 11 is 1.30. The molecule has 0 saturated carbocycles. The van der Waals surface area contributed by atoms with Crippen LogP contribution in [0.5, 0.6) is 0 Å². The normalized spacial score (nSPS) is 10.7. The van der Waals surface area contributed by atoms with Gasteiger partial charge in [0.2, 0.25) is 0 Å². The maximum Gasteiger partial charge on any atom is 0.276 e. The summed E-state index contributed by atoms with van der Waals surface area (Å²) in [7, 11) is 0. The van der Waals surface area contributed by atoms with Crippen molar-refractivity contribution in [3.63, 3.8) is 0 Å². The van der Waals surface area contributed by atoms with Gasteiger partial charge in [-0.3, -0.25) is 9.59 Å². The van der Waals surface area contributed by atoms with Gasteiger partial charge in [-0.05, 0) is 54.7 Å². The number of hydrogen-bond donors (Lipinski definition) is 2. The van der Waals surface area contributed by atoms with Crippen molar-refractivity contribution in [3.05, 3.63) is 94.7 Å². The van der Waals surface area contributed by atoms with E-state index in [4.69, 9.17) is 0 Å². The highest BCUT2D eigenvalue weighted by Gasteiger charge is 2.16. The Balaban J connectivity index is 1.49. The highest BCUT2D eigenvalue weighted by atomic mass is 32.1. The average molecular weight is 416 g/mol. The third-order valence-corrected chi connectivity index (χ3v) is 5.74. The lowest BCUT2D eigenvalue weighted by Crippen LogP contribution is -2.23. The van der Waals surface area contributed by atoms with Gasteiger partial charge in [-0.25, -0.2) is 0 Å². The van der Waals surface area contributed by atoms with E-state index in [-0.39, 0.29) is 11.8 Å². The van der Waals surface area contributed by atoms with E-state index in [1.165, 1.54) is 17.1 Å². The summed E-state index contributed by atoms with van der Waals surface area (Å²) in [4.78, 5) is 25.4. The predicted molar refractivity (Wildman–Crippen MR) is 121 cm³/mol. The molecule has 2 amide bonds. The van der Waals surface area contributed by atoms with Crippen LogP contribution in [-0.2, 0) is 6.54 Å². The number of hydrogen-bond acceptors (Lipinski definition) is 4. The average Bonchev–Trinajstić information content (AvgIpc) is 3.19. The van der Waals surface area contributed by atoms with Gasteiger partial charge in [0.1, 0.15) is 5.69 Å². The van der Waals surface area contributed by atoms with E-state index >= 15 is 0 Å². The molecule has 6 heteroatoms. The molecule has 4 rings (SSSR count). The summed E-state index contributed by atoms with van der Waals surface area (Å²) in [5, 5.41) is 6.65. The van der Waals surface area contributed by atoms with Crippen LogP contribution < -0.4 is 10.6 Å². The fourth-order valence-corrected chi connectivity index (χ4v) is 3.89. The van der Waals surface area contributed by atoms with E-state index in [1.54, 1.807) is 12.1 Å². The van der Waals surface area contributed by atoms with E-state index in [1.807, 2.05) is 68.4 Å². The van der Waals surface area contributed by atoms with Crippen LogP contribution in [0.3, 0.4) is 0 Å². The minimum absolute atomic E-state index is 0.190. The Hall–Kier alpha value is -3.51. The van der Waals surface area contributed by atoms with Crippen molar-refractivity contribution in [2.24, 2.45) is 0 Å². The molecule has 5 nitrogen and oxygen atoms in total. The molecule has 0 saturated heterocycles. The molecule has 1 aromatic heterocycles. The Labute approximate surface area is 178 Å². The first-order valence-electron chi connectivity index (χ1n) is 9.61. The monoisotopic (exact) mass is 415 g/mol. The maximum atomic E-state index is 12.8. The molecule has 0 aliphatic heterocycles. The number of aromatic nitrogens is 1. The highest BCUT2D eigenvalue weighted by Crippen LogP contribution is 2.24. The molecular weight excluding hydrogens is 394 g/mol. The van der Waals surface area contributed by atoms with Crippen LogP contribution in [0, 0.1) is 13.8 Å². The van der Waals surface area contributed by atoms with Gasteiger partial charge in [0.15, 0.2) is 0 Å². The topological polar surface area (TPSA) is 71.1 Å². The summed E-state index contributed by atoms with van der Waals surface area (Å²) < 4.78 is 5.26. The smallest absolute Gasteiger partial charge is 0.276 e. The summed E-state index contributed by atoms with van der Waals surface area (Å²) in [5.41, 5.74) is 4.57. The largest absolute Gasteiger partial charge is 0.348 e. The van der Waals surface area contributed by atoms with Crippen LogP contribution in [0.25, 0.3) is 10.1 Å². The lowest BCUT2D eigenvalue weighted by atomic mass is 10.1. The van der Waals surface area contributed by atoms with Crippen molar-refractivity contribution in [1.82, 2.24) is 9.69 Å². The first-order valence-corrected chi connectivity index (χ1v) is 10.4. The lowest BCUT2D eigenvalue weighted by Gasteiger charge is -2.11. The first-order chi connectivity index (χ1) is 14.5. The zero-order chi connectivity index (χ0) is 21.1. The van der Waals surface area contributed by atoms with Crippen LogP contribution in [0.1, 0.15) is 37.5 Å². The van der Waals surface area contributed by atoms with Crippen molar-refractivity contribution in [3.8, 4) is 0 Å². The van der Waals surface area contributed by atoms with Crippen LogP contribution in [0.4, 0.5) is 5.69 Å². The number of anilines is 1. The summed E-state index contributed by atoms with van der Waals surface area (Å²) in [6, 6.07) is 20.9. The Morgan fingerprint density at radius 1 is 0.933 bits per heavy atom. The van der Waals surface area contributed by atoms with Crippen molar-refractivity contribution in [2.75, 3.05) is 5.32 Å². The number of carbonyl (C=O) groups is 2. The summed E-state index contributed by atoms with van der Waals surface area (Å²) in [6.45, 7) is 4.36. The lowest BCUT2D eigenvalue weighted by molar-refractivity contribution is 0.0949. The van der Waals surface area contributed by atoms with Crippen LogP contribution in [-0.4, -0.2) is 16.2 Å². The number of rotatable bonds is 5. The van der Waals surface area contributed by atoms with E-state index in [0.717, 1.165) is 21.2 Å². The van der Waals surface area contributed by atoms with Gasteiger partial charge in [-0.1, -0.05) is 54.1 Å². The van der Waals surface area contributed by atoms with Crippen molar-refractivity contribution < 1.29 is 9.59 Å². The molecular formula is C24H21N3O2S. The standard InChI is InChI=1S/C24H21N3O2S/c1-15-7-10-17(11-8-15)14-25-23(28)18-12-9-16(2)20(13-18)26-24(29)22-19-5-3-4-6-21(19)30-27-22/h3-13H,14H2,1-2H3,(H,25,28)(H,26,29). The Morgan fingerprint density at radius 2 is 1.70 bits per heavy atom. The van der Waals surface area contributed by atoms with Gasteiger partial charge < -0.3 is 10.6 Å². The van der Waals surface area contributed by atoms with Gasteiger partial charge in [0.25, 0.3) is 11.8 Å². The fraction of sp³-hybridized carbons (Fsp3) is 0.125. The molecule has 0 aliphatic rings. The zero-order valence-corrected chi connectivity index (χ0v) is 17.5. The Bertz CT molecular complexity index is 1230. The number of fused-ring (bicyclic) bond motifs is 1. The quantitative estimate of drug-likeness (QED) is 0.477. The molecule has 0 aliphatic carbocycles. The second-order valence-electron chi connectivity index (χ2n) is 7.18. The molecule has 4 aromatic rings. The minimum atomic E-state index is -0.284. The molecule has 3 aromatic carbocycles. The summed E-state index contributed by atoms with van der Waals surface area (Å²) in [5.74, 6) is -0.474. The Kier molecular flexibility index (Phi) is 5.59. The van der Waals surface area contributed by atoms with Gasteiger partial charge in [0.05, 0.1) is 4.70 Å². The fourth-order valence-electron chi connectivity index (χ4n) is 3.12. The highest BCUT2D eigenvalue weighted by molar-refractivity contribution is 7.13. The van der Waals surface area contributed by atoms with Crippen molar-refractivity contribution in [2.45, 2.75) is 20.4 Å².